The first kappa shape index (κ1) is 20.0. The maximum atomic E-state index is 13.4. The molecule has 1 saturated heterocycles. The van der Waals surface area contributed by atoms with Crippen molar-refractivity contribution >= 4 is 29.2 Å². The molecule has 1 atom stereocenters. The average Bonchev–Trinajstić information content (AvgIpc) is 2.91. The molecule has 2 heterocycles. The molecule has 1 N–H and O–H groups in total. The first-order valence-electron chi connectivity index (χ1n) is 8.81. The fourth-order valence-electron chi connectivity index (χ4n) is 3.59. The van der Waals surface area contributed by atoms with Crippen molar-refractivity contribution in [3.05, 3.63) is 68.0 Å². The molecule has 0 spiro atoms. The van der Waals surface area contributed by atoms with Gasteiger partial charge in [-0.15, -0.1) is 0 Å². The third kappa shape index (κ3) is 3.23. The number of fused-ring (bicyclic) bond motifs is 1. The Morgan fingerprint density at radius 1 is 1.33 bits per heavy atom. The minimum atomic E-state index is -1.52. The highest BCUT2D eigenvalue weighted by molar-refractivity contribution is 6.32. The SMILES string of the molecule is CC1(c2ccc(F)cc2Cl)NC(=O)N(Cc2cc([N+](=O)[O-])cc3c2OCOC3)C1=O. The Hall–Kier alpha value is -3.24. The third-order valence-electron chi connectivity index (χ3n) is 5.06. The van der Waals surface area contributed by atoms with Crippen LogP contribution in [0, 0.1) is 15.9 Å². The zero-order chi connectivity index (χ0) is 21.6. The van der Waals surface area contributed by atoms with Crippen molar-refractivity contribution in [2.45, 2.75) is 25.6 Å². The number of urea groups is 1. The second-order valence-corrected chi connectivity index (χ2v) is 7.44. The van der Waals surface area contributed by atoms with Gasteiger partial charge in [-0.05, 0) is 19.1 Å². The van der Waals surface area contributed by atoms with Gasteiger partial charge < -0.3 is 14.8 Å². The molecule has 9 nitrogen and oxygen atoms in total. The Morgan fingerprint density at radius 2 is 2.10 bits per heavy atom. The van der Waals surface area contributed by atoms with Gasteiger partial charge in [0.1, 0.15) is 17.1 Å². The van der Waals surface area contributed by atoms with Gasteiger partial charge in [0, 0.05) is 33.8 Å². The van der Waals surface area contributed by atoms with Crippen LogP contribution in [0.5, 0.6) is 5.75 Å². The summed E-state index contributed by atoms with van der Waals surface area (Å²) in [6.07, 6.45) is 0. The Labute approximate surface area is 174 Å². The molecule has 1 fully saturated rings. The first-order valence-corrected chi connectivity index (χ1v) is 9.19. The molecule has 2 aromatic carbocycles. The zero-order valence-electron chi connectivity index (χ0n) is 15.6. The Bertz CT molecular complexity index is 1090. The van der Waals surface area contributed by atoms with Crippen LogP contribution in [0.15, 0.2) is 30.3 Å². The van der Waals surface area contributed by atoms with Gasteiger partial charge in [-0.2, -0.15) is 0 Å². The van der Waals surface area contributed by atoms with E-state index in [4.69, 9.17) is 21.1 Å². The molecular formula is C19H15ClFN3O6. The zero-order valence-corrected chi connectivity index (χ0v) is 16.4. The molecular weight excluding hydrogens is 421 g/mol. The fraction of sp³-hybridized carbons (Fsp3) is 0.263. The van der Waals surface area contributed by atoms with E-state index >= 15 is 0 Å². The van der Waals surface area contributed by atoms with Gasteiger partial charge in [-0.25, -0.2) is 9.18 Å². The number of hydrogen-bond donors (Lipinski definition) is 1. The van der Waals surface area contributed by atoms with Gasteiger partial charge in [0.05, 0.1) is 18.1 Å². The number of non-ortho nitro benzene ring substituents is 1. The van der Waals surface area contributed by atoms with E-state index < -0.39 is 28.2 Å². The van der Waals surface area contributed by atoms with E-state index in [0.29, 0.717) is 16.9 Å². The third-order valence-corrected chi connectivity index (χ3v) is 5.37. The summed E-state index contributed by atoms with van der Waals surface area (Å²) in [5.41, 5.74) is -0.763. The van der Waals surface area contributed by atoms with Crippen LogP contribution in [0.2, 0.25) is 5.02 Å². The molecule has 1 unspecified atom stereocenters. The minimum Gasteiger partial charge on any atom is -0.467 e. The molecule has 2 aliphatic rings. The van der Waals surface area contributed by atoms with Crippen LogP contribution in [-0.4, -0.2) is 28.6 Å². The quantitative estimate of drug-likeness (QED) is 0.448. The molecule has 2 aliphatic heterocycles. The molecule has 0 saturated carbocycles. The first-order chi connectivity index (χ1) is 14.2. The maximum absolute atomic E-state index is 13.4. The van der Waals surface area contributed by atoms with E-state index in [2.05, 4.69) is 5.32 Å². The van der Waals surface area contributed by atoms with Crippen LogP contribution in [0.4, 0.5) is 14.9 Å². The molecule has 3 amide bonds. The van der Waals surface area contributed by atoms with Crippen LogP contribution >= 0.6 is 11.6 Å². The van der Waals surface area contributed by atoms with Crippen LogP contribution in [-0.2, 0) is 28.2 Å². The monoisotopic (exact) mass is 435 g/mol. The number of nitrogens with zero attached hydrogens (tertiary/aromatic N) is 2. The number of benzene rings is 2. The van der Waals surface area contributed by atoms with Crippen LogP contribution in [0.25, 0.3) is 0 Å². The van der Waals surface area contributed by atoms with Gasteiger partial charge >= 0.3 is 6.03 Å². The lowest BCUT2D eigenvalue weighted by molar-refractivity contribution is -0.385. The van der Waals surface area contributed by atoms with Crippen LogP contribution < -0.4 is 10.1 Å². The number of carbonyl (C=O) groups excluding carboxylic acids is 2. The number of nitrogens with one attached hydrogen (secondary N) is 1. The van der Waals surface area contributed by atoms with Gasteiger partial charge in [0.2, 0.25) is 0 Å². The Balaban J connectivity index is 1.71. The summed E-state index contributed by atoms with van der Waals surface area (Å²) in [5.74, 6) is -0.877. The van der Waals surface area contributed by atoms with Crippen molar-refractivity contribution in [3.8, 4) is 5.75 Å². The largest absolute Gasteiger partial charge is 0.467 e. The summed E-state index contributed by atoms with van der Waals surface area (Å²) in [6.45, 7) is 1.25. The number of ether oxygens (including phenoxy) is 2. The predicted molar refractivity (Wildman–Crippen MR) is 101 cm³/mol. The molecule has 0 aliphatic carbocycles. The predicted octanol–water partition coefficient (Wildman–Crippen LogP) is 3.22. The minimum absolute atomic E-state index is 0.0128. The highest BCUT2D eigenvalue weighted by Crippen LogP contribution is 2.37. The number of nitro benzene ring substituents is 1. The van der Waals surface area contributed by atoms with Gasteiger partial charge in [-0.3, -0.25) is 19.8 Å². The number of amides is 3. The topological polar surface area (TPSA) is 111 Å². The Morgan fingerprint density at radius 3 is 2.80 bits per heavy atom. The van der Waals surface area contributed by atoms with Crippen molar-refractivity contribution in [1.82, 2.24) is 10.2 Å². The highest BCUT2D eigenvalue weighted by Gasteiger charge is 2.50. The standard InChI is InChI=1S/C19H15ClFN3O6/c1-19(14-3-2-12(21)6-15(14)20)17(25)23(18(26)22-19)7-10-4-13(24(27)28)5-11-8-29-9-30-16(10)11/h2-6H,7-9H2,1H3,(H,22,26). The smallest absolute Gasteiger partial charge is 0.325 e. The van der Waals surface area contributed by atoms with E-state index in [1.54, 1.807) is 0 Å². The summed E-state index contributed by atoms with van der Waals surface area (Å²) < 4.78 is 24.0. The van der Waals surface area contributed by atoms with Gasteiger partial charge in [-0.1, -0.05) is 17.7 Å². The van der Waals surface area contributed by atoms with E-state index in [1.165, 1.54) is 25.1 Å². The molecule has 30 heavy (non-hydrogen) atoms. The summed E-state index contributed by atoms with van der Waals surface area (Å²) in [7, 11) is 0. The van der Waals surface area contributed by atoms with Crippen LogP contribution in [0.1, 0.15) is 23.6 Å². The summed E-state index contributed by atoms with van der Waals surface area (Å²) in [6, 6.07) is 5.39. The number of carbonyl (C=O) groups is 2. The second kappa shape index (κ2) is 7.22. The van der Waals surface area contributed by atoms with E-state index in [0.717, 1.165) is 17.0 Å². The molecule has 11 heteroatoms. The lowest BCUT2D eigenvalue weighted by Crippen LogP contribution is -2.41. The van der Waals surface area contributed by atoms with Crippen molar-refractivity contribution in [2.75, 3.05) is 6.79 Å². The molecule has 0 bridgehead atoms. The van der Waals surface area contributed by atoms with Crippen molar-refractivity contribution in [2.24, 2.45) is 0 Å². The van der Waals surface area contributed by atoms with Gasteiger partial charge in [0.25, 0.3) is 11.6 Å². The van der Waals surface area contributed by atoms with Crippen molar-refractivity contribution < 1.29 is 28.4 Å². The number of nitro groups is 1. The number of hydrogen-bond acceptors (Lipinski definition) is 6. The van der Waals surface area contributed by atoms with E-state index in [9.17, 15) is 24.1 Å². The summed E-state index contributed by atoms with van der Waals surface area (Å²) in [5, 5.41) is 13.8. The van der Waals surface area contributed by atoms with E-state index in [-0.39, 0.29) is 36.2 Å². The van der Waals surface area contributed by atoms with Crippen molar-refractivity contribution in [3.63, 3.8) is 0 Å². The molecule has 2 aromatic rings. The lowest BCUT2D eigenvalue weighted by atomic mass is 9.92. The number of halogens is 2. The number of rotatable bonds is 4. The Kier molecular flexibility index (Phi) is 4.83. The molecule has 156 valence electrons. The maximum Gasteiger partial charge on any atom is 0.325 e. The summed E-state index contributed by atoms with van der Waals surface area (Å²) >= 11 is 6.10. The highest BCUT2D eigenvalue weighted by atomic mass is 35.5. The molecule has 0 radical (unpaired) electrons. The summed E-state index contributed by atoms with van der Waals surface area (Å²) in [4.78, 5) is 37.4. The van der Waals surface area contributed by atoms with E-state index in [1.807, 2.05) is 0 Å². The van der Waals surface area contributed by atoms with Gasteiger partial charge in [0.15, 0.2) is 6.79 Å². The normalized spacial score (nSPS) is 20.6. The molecule has 0 aromatic heterocycles. The lowest BCUT2D eigenvalue weighted by Gasteiger charge is -2.24. The van der Waals surface area contributed by atoms with Crippen molar-refractivity contribution in [1.29, 1.82) is 0 Å². The van der Waals surface area contributed by atoms with Crippen LogP contribution in [0.3, 0.4) is 0 Å². The second-order valence-electron chi connectivity index (χ2n) is 7.03. The number of imide groups is 1. The molecule has 4 rings (SSSR count). The fourth-order valence-corrected chi connectivity index (χ4v) is 3.95. The average molecular weight is 436 g/mol.